The topological polar surface area (TPSA) is 79.8 Å². The van der Waals surface area contributed by atoms with Gasteiger partial charge in [0.1, 0.15) is 9.84 Å². The smallest absolute Gasteiger partial charge is 0.191 e. The molecule has 0 aliphatic rings. The number of guanidine groups is 1. The first-order valence-electron chi connectivity index (χ1n) is 6.10. The minimum absolute atomic E-state index is 0.0556. The summed E-state index contributed by atoms with van der Waals surface area (Å²) in [6.07, 6.45) is 1.81. The molecular weight excluding hydrogens is 254 g/mol. The van der Waals surface area contributed by atoms with Crippen LogP contribution in [0.4, 0.5) is 0 Å². The summed E-state index contributed by atoms with van der Waals surface area (Å²) in [5.41, 5.74) is 0. The van der Waals surface area contributed by atoms with Gasteiger partial charge in [-0.05, 0) is 20.3 Å². The standard InChI is InChI=1S/C11H25N3O3S/c1-5-12-11(13-7-8-17-3)14-10(2)6-9-18(4,15)16/h10H,5-9H2,1-4H3,(H2,12,13,14). The maximum absolute atomic E-state index is 11.1. The number of nitrogens with zero attached hydrogens (tertiary/aromatic N) is 1. The van der Waals surface area contributed by atoms with Crippen LogP contribution in [-0.4, -0.2) is 59.2 Å². The predicted octanol–water partition coefficient (Wildman–Crippen LogP) is 0.0111. The Kier molecular flexibility index (Phi) is 8.74. The molecule has 0 saturated heterocycles. The Morgan fingerprint density at radius 3 is 2.61 bits per heavy atom. The van der Waals surface area contributed by atoms with Gasteiger partial charge in [-0.15, -0.1) is 0 Å². The lowest BCUT2D eigenvalue weighted by molar-refractivity contribution is 0.208. The first kappa shape index (κ1) is 17.2. The summed E-state index contributed by atoms with van der Waals surface area (Å²) in [4.78, 5) is 4.31. The van der Waals surface area contributed by atoms with Gasteiger partial charge >= 0.3 is 0 Å². The highest BCUT2D eigenvalue weighted by molar-refractivity contribution is 7.90. The van der Waals surface area contributed by atoms with E-state index < -0.39 is 9.84 Å². The zero-order valence-corrected chi connectivity index (χ0v) is 12.5. The number of ether oxygens (including phenoxy) is 1. The van der Waals surface area contributed by atoms with E-state index in [0.29, 0.717) is 25.5 Å². The van der Waals surface area contributed by atoms with Gasteiger partial charge in [0, 0.05) is 26.0 Å². The van der Waals surface area contributed by atoms with Crippen molar-refractivity contribution in [2.45, 2.75) is 26.3 Å². The Morgan fingerprint density at radius 1 is 1.44 bits per heavy atom. The molecule has 2 N–H and O–H groups in total. The van der Waals surface area contributed by atoms with Crippen molar-refractivity contribution in [3.05, 3.63) is 0 Å². The Labute approximate surface area is 110 Å². The summed E-state index contributed by atoms with van der Waals surface area (Å²) >= 11 is 0. The molecule has 0 aromatic carbocycles. The summed E-state index contributed by atoms with van der Waals surface area (Å²) in [5.74, 6) is 0.870. The summed E-state index contributed by atoms with van der Waals surface area (Å²) in [7, 11) is -1.28. The molecule has 0 aromatic heterocycles. The monoisotopic (exact) mass is 279 g/mol. The summed E-state index contributed by atoms with van der Waals surface area (Å²) in [5, 5.41) is 6.27. The Balaban J connectivity index is 4.18. The molecule has 0 aliphatic heterocycles. The van der Waals surface area contributed by atoms with Crippen LogP contribution in [0.5, 0.6) is 0 Å². The number of rotatable bonds is 8. The van der Waals surface area contributed by atoms with Gasteiger partial charge in [-0.1, -0.05) is 0 Å². The van der Waals surface area contributed by atoms with Crippen molar-refractivity contribution in [1.82, 2.24) is 10.6 Å². The molecule has 0 amide bonds. The molecule has 1 atom stereocenters. The van der Waals surface area contributed by atoms with Gasteiger partial charge in [-0.25, -0.2) is 8.42 Å². The van der Waals surface area contributed by atoms with Crippen molar-refractivity contribution in [3.63, 3.8) is 0 Å². The fourth-order valence-corrected chi connectivity index (χ4v) is 2.05. The third kappa shape index (κ3) is 10.3. The second-order valence-electron chi connectivity index (χ2n) is 4.22. The van der Waals surface area contributed by atoms with E-state index in [1.54, 1.807) is 7.11 Å². The van der Waals surface area contributed by atoms with Crippen molar-refractivity contribution < 1.29 is 13.2 Å². The minimum atomic E-state index is -2.91. The summed E-state index contributed by atoms with van der Waals surface area (Å²) in [6, 6.07) is 0.0556. The maximum Gasteiger partial charge on any atom is 0.191 e. The lowest BCUT2D eigenvalue weighted by Crippen LogP contribution is -2.43. The number of nitrogens with one attached hydrogen (secondary N) is 2. The summed E-state index contributed by atoms with van der Waals surface area (Å²) < 4.78 is 27.1. The molecule has 0 aromatic rings. The molecule has 0 rings (SSSR count). The Bertz CT molecular complexity index is 341. The van der Waals surface area contributed by atoms with Crippen molar-refractivity contribution in [3.8, 4) is 0 Å². The summed E-state index contributed by atoms with van der Waals surface area (Å²) in [6.45, 7) is 5.82. The molecule has 108 valence electrons. The predicted molar refractivity (Wildman–Crippen MR) is 74.8 cm³/mol. The fourth-order valence-electron chi connectivity index (χ4n) is 1.27. The number of sulfone groups is 1. The number of hydrogen-bond acceptors (Lipinski definition) is 4. The van der Waals surface area contributed by atoms with E-state index in [1.165, 1.54) is 6.26 Å². The van der Waals surface area contributed by atoms with Crippen LogP contribution >= 0.6 is 0 Å². The van der Waals surface area contributed by atoms with E-state index in [4.69, 9.17) is 4.74 Å². The van der Waals surface area contributed by atoms with Gasteiger partial charge in [0.25, 0.3) is 0 Å². The van der Waals surface area contributed by atoms with E-state index in [1.807, 2.05) is 13.8 Å². The van der Waals surface area contributed by atoms with Crippen LogP contribution in [0.3, 0.4) is 0 Å². The maximum atomic E-state index is 11.1. The van der Waals surface area contributed by atoms with Crippen LogP contribution < -0.4 is 10.6 Å². The first-order valence-corrected chi connectivity index (χ1v) is 8.16. The average Bonchev–Trinajstić information content (AvgIpc) is 2.26. The molecule has 0 bridgehead atoms. The highest BCUT2D eigenvalue weighted by Gasteiger charge is 2.09. The van der Waals surface area contributed by atoms with Gasteiger partial charge in [-0.2, -0.15) is 0 Å². The largest absolute Gasteiger partial charge is 0.383 e. The Hall–Kier alpha value is -0.820. The van der Waals surface area contributed by atoms with Gasteiger partial charge in [0.15, 0.2) is 5.96 Å². The van der Waals surface area contributed by atoms with Gasteiger partial charge in [0.2, 0.25) is 0 Å². The molecule has 6 nitrogen and oxygen atoms in total. The van der Waals surface area contributed by atoms with Crippen LogP contribution in [0.2, 0.25) is 0 Å². The molecule has 0 saturated carbocycles. The third-order valence-corrected chi connectivity index (χ3v) is 3.19. The van der Waals surface area contributed by atoms with Gasteiger partial charge < -0.3 is 15.4 Å². The molecule has 0 spiro atoms. The lowest BCUT2D eigenvalue weighted by atomic mass is 10.3. The minimum Gasteiger partial charge on any atom is -0.383 e. The highest BCUT2D eigenvalue weighted by Crippen LogP contribution is 1.95. The molecule has 0 fully saturated rings. The zero-order valence-electron chi connectivity index (χ0n) is 11.7. The van der Waals surface area contributed by atoms with Crippen molar-refractivity contribution in [1.29, 1.82) is 0 Å². The van der Waals surface area contributed by atoms with Crippen LogP contribution in [0.25, 0.3) is 0 Å². The van der Waals surface area contributed by atoms with Gasteiger partial charge in [0.05, 0.1) is 18.9 Å². The van der Waals surface area contributed by atoms with E-state index in [-0.39, 0.29) is 11.8 Å². The molecule has 0 aliphatic carbocycles. The van der Waals surface area contributed by atoms with Crippen LogP contribution in [0, 0.1) is 0 Å². The van der Waals surface area contributed by atoms with E-state index in [2.05, 4.69) is 15.6 Å². The van der Waals surface area contributed by atoms with E-state index >= 15 is 0 Å². The highest BCUT2D eigenvalue weighted by atomic mass is 32.2. The second-order valence-corrected chi connectivity index (χ2v) is 6.48. The first-order chi connectivity index (χ1) is 8.39. The van der Waals surface area contributed by atoms with Crippen LogP contribution in [0.1, 0.15) is 20.3 Å². The Morgan fingerprint density at radius 2 is 2.11 bits per heavy atom. The van der Waals surface area contributed by atoms with Crippen molar-refractivity contribution in [2.24, 2.45) is 4.99 Å². The van der Waals surface area contributed by atoms with Crippen molar-refractivity contribution >= 4 is 15.8 Å². The molecule has 0 radical (unpaired) electrons. The zero-order chi connectivity index (χ0) is 14.0. The average molecular weight is 279 g/mol. The normalized spacial score (nSPS) is 14.3. The molecule has 7 heteroatoms. The van der Waals surface area contributed by atoms with Crippen molar-refractivity contribution in [2.75, 3.05) is 38.8 Å². The van der Waals surface area contributed by atoms with Crippen LogP contribution in [-0.2, 0) is 14.6 Å². The molecule has 0 heterocycles. The second kappa shape index (κ2) is 9.16. The fraction of sp³-hybridized carbons (Fsp3) is 0.909. The lowest BCUT2D eigenvalue weighted by Gasteiger charge is -2.17. The number of hydrogen-bond donors (Lipinski definition) is 2. The van der Waals surface area contributed by atoms with E-state index in [0.717, 1.165) is 6.54 Å². The third-order valence-electron chi connectivity index (χ3n) is 2.21. The molecule has 1 unspecified atom stereocenters. The number of methoxy groups -OCH3 is 1. The molecule has 18 heavy (non-hydrogen) atoms. The molecular formula is C11H25N3O3S. The van der Waals surface area contributed by atoms with E-state index in [9.17, 15) is 8.42 Å². The number of aliphatic imine (C=N–C) groups is 1. The van der Waals surface area contributed by atoms with Crippen LogP contribution in [0.15, 0.2) is 4.99 Å². The van der Waals surface area contributed by atoms with Gasteiger partial charge in [-0.3, -0.25) is 4.99 Å². The SMILES string of the molecule is CCNC(=NCCOC)NC(C)CCS(C)(=O)=O. The quantitative estimate of drug-likeness (QED) is 0.372.